The number of thioether (sulfide) groups is 1. The third kappa shape index (κ3) is 3.97. The molecule has 98 valence electrons. The van der Waals surface area contributed by atoms with E-state index in [4.69, 9.17) is 5.11 Å². The lowest BCUT2D eigenvalue weighted by Crippen LogP contribution is -1.97. The van der Waals surface area contributed by atoms with Crippen molar-refractivity contribution in [1.29, 1.82) is 0 Å². The number of rotatable bonds is 7. The lowest BCUT2D eigenvalue weighted by atomic mass is 10.2. The van der Waals surface area contributed by atoms with Crippen LogP contribution in [-0.4, -0.2) is 27.3 Å². The Bertz CT molecular complexity index is 452. The van der Waals surface area contributed by atoms with Gasteiger partial charge in [-0.15, -0.1) is 0 Å². The molecule has 0 aromatic heterocycles. The number of nitro benzene ring substituents is 2. The number of hydrogen-bond donors (Lipinski definition) is 1. The molecule has 1 rings (SSSR count). The van der Waals surface area contributed by atoms with Gasteiger partial charge in [0.05, 0.1) is 15.9 Å². The zero-order valence-corrected chi connectivity index (χ0v) is 10.3. The van der Waals surface area contributed by atoms with Crippen LogP contribution in [0.25, 0.3) is 0 Å². The maximum atomic E-state index is 10.8. The second kappa shape index (κ2) is 6.92. The Morgan fingerprint density at radius 1 is 1.22 bits per heavy atom. The van der Waals surface area contributed by atoms with Crippen molar-refractivity contribution in [2.75, 3.05) is 12.4 Å². The molecule has 0 atom stereocenters. The monoisotopic (exact) mass is 272 g/mol. The second-order valence-corrected chi connectivity index (χ2v) is 4.56. The largest absolute Gasteiger partial charge is 0.396 e. The van der Waals surface area contributed by atoms with E-state index in [1.54, 1.807) is 0 Å². The summed E-state index contributed by atoms with van der Waals surface area (Å²) < 4.78 is 0. The van der Waals surface area contributed by atoms with Crippen molar-refractivity contribution in [3.63, 3.8) is 0 Å². The molecule has 0 radical (unpaired) electrons. The van der Waals surface area contributed by atoms with Gasteiger partial charge in [-0.25, -0.2) is 0 Å². The number of nitro groups is 2. The van der Waals surface area contributed by atoms with Gasteiger partial charge in [-0.05, 0) is 18.2 Å². The fourth-order valence-corrected chi connectivity index (χ4v) is 2.25. The highest BCUT2D eigenvalue weighted by Crippen LogP contribution is 2.27. The fourth-order valence-electron chi connectivity index (χ4n) is 1.31. The molecular formula is C10H12N2O5S. The van der Waals surface area contributed by atoms with Crippen LogP contribution in [0.2, 0.25) is 0 Å². The van der Waals surface area contributed by atoms with Crippen LogP contribution in [0, 0.1) is 20.2 Å². The molecule has 7 nitrogen and oxygen atoms in total. The Balaban J connectivity index is 2.83. The molecule has 0 aliphatic carbocycles. The van der Waals surface area contributed by atoms with Crippen LogP contribution in [-0.2, 0) is 5.75 Å². The Labute approximate surface area is 107 Å². The van der Waals surface area contributed by atoms with Gasteiger partial charge in [0.1, 0.15) is 0 Å². The van der Waals surface area contributed by atoms with Crippen LogP contribution in [0.5, 0.6) is 0 Å². The van der Waals surface area contributed by atoms with Crippen LogP contribution in [0.3, 0.4) is 0 Å². The van der Waals surface area contributed by atoms with Crippen molar-refractivity contribution in [2.24, 2.45) is 0 Å². The normalized spacial score (nSPS) is 10.3. The lowest BCUT2D eigenvalue weighted by molar-refractivity contribution is -0.394. The van der Waals surface area contributed by atoms with E-state index in [-0.39, 0.29) is 18.0 Å². The minimum Gasteiger partial charge on any atom is -0.396 e. The molecule has 0 aliphatic heterocycles. The standard InChI is InChI=1S/C10H12N2O5S/c13-4-1-5-18-7-8-2-3-9(11(14)15)6-10(8)12(16)17/h2-3,6,13H,1,4-5,7H2. The van der Waals surface area contributed by atoms with Crippen LogP contribution >= 0.6 is 11.8 Å². The Hall–Kier alpha value is -1.67. The number of benzene rings is 1. The maximum Gasteiger partial charge on any atom is 0.280 e. The predicted molar refractivity (Wildman–Crippen MR) is 67.6 cm³/mol. The van der Waals surface area contributed by atoms with Gasteiger partial charge in [-0.1, -0.05) is 0 Å². The summed E-state index contributed by atoms with van der Waals surface area (Å²) in [6, 6.07) is 3.64. The molecule has 0 heterocycles. The van der Waals surface area contributed by atoms with Crippen molar-refractivity contribution < 1.29 is 15.0 Å². The third-order valence-electron chi connectivity index (χ3n) is 2.18. The van der Waals surface area contributed by atoms with Crippen LogP contribution < -0.4 is 0 Å². The smallest absolute Gasteiger partial charge is 0.280 e. The van der Waals surface area contributed by atoms with E-state index in [0.717, 1.165) is 6.07 Å². The summed E-state index contributed by atoms with van der Waals surface area (Å²) in [5, 5.41) is 30.0. The molecule has 1 aromatic rings. The van der Waals surface area contributed by atoms with E-state index in [9.17, 15) is 20.2 Å². The second-order valence-electron chi connectivity index (χ2n) is 3.46. The predicted octanol–water partition coefficient (Wildman–Crippen LogP) is 2.12. The summed E-state index contributed by atoms with van der Waals surface area (Å²) in [5.41, 5.74) is -0.0694. The zero-order valence-electron chi connectivity index (χ0n) is 9.44. The molecule has 0 saturated heterocycles. The summed E-state index contributed by atoms with van der Waals surface area (Å²) in [6.07, 6.45) is 0.617. The Morgan fingerprint density at radius 2 is 1.94 bits per heavy atom. The average molecular weight is 272 g/mol. The molecule has 18 heavy (non-hydrogen) atoms. The van der Waals surface area contributed by atoms with Gasteiger partial charge in [0.2, 0.25) is 0 Å². The molecule has 8 heteroatoms. The van der Waals surface area contributed by atoms with Gasteiger partial charge >= 0.3 is 0 Å². The summed E-state index contributed by atoms with van der Waals surface area (Å²) in [5.74, 6) is 1.08. The van der Waals surface area contributed by atoms with Crippen LogP contribution in [0.15, 0.2) is 18.2 Å². The maximum absolute atomic E-state index is 10.8. The van der Waals surface area contributed by atoms with Gasteiger partial charge in [0.25, 0.3) is 11.4 Å². The molecular weight excluding hydrogens is 260 g/mol. The fraction of sp³-hybridized carbons (Fsp3) is 0.400. The van der Waals surface area contributed by atoms with Gasteiger partial charge in [0.15, 0.2) is 0 Å². The molecule has 0 spiro atoms. The molecule has 0 fully saturated rings. The highest BCUT2D eigenvalue weighted by Gasteiger charge is 2.18. The minimum absolute atomic E-state index is 0.0787. The number of non-ortho nitro benzene ring substituents is 1. The molecule has 0 unspecified atom stereocenters. The number of nitrogens with zero attached hydrogens (tertiary/aromatic N) is 2. The quantitative estimate of drug-likeness (QED) is 0.463. The van der Waals surface area contributed by atoms with Crippen LogP contribution in [0.4, 0.5) is 11.4 Å². The first-order chi connectivity index (χ1) is 8.56. The van der Waals surface area contributed by atoms with E-state index in [2.05, 4.69) is 0 Å². The topological polar surface area (TPSA) is 107 Å². The molecule has 0 saturated carbocycles. The average Bonchev–Trinajstić information content (AvgIpc) is 2.34. The van der Waals surface area contributed by atoms with Crippen molar-refractivity contribution in [1.82, 2.24) is 0 Å². The summed E-state index contributed by atoms with van der Waals surface area (Å²) in [6.45, 7) is 0.0787. The lowest BCUT2D eigenvalue weighted by Gasteiger charge is -2.02. The molecule has 0 bridgehead atoms. The zero-order chi connectivity index (χ0) is 13.5. The molecule has 1 aromatic carbocycles. The highest BCUT2D eigenvalue weighted by atomic mass is 32.2. The van der Waals surface area contributed by atoms with Gasteiger partial charge in [-0.2, -0.15) is 11.8 Å². The SMILES string of the molecule is O=[N+]([O-])c1ccc(CSCCCO)c([N+](=O)[O-])c1. The minimum atomic E-state index is -0.657. The molecule has 0 amide bonds. The van der Waals surface area contributed by atoms with Gasteiger partial charge in [0, 0.05) is 24.0 Å². The first kappa shape index (κ1) is 14.4. The molecule has 1 N–H and O–H groups in total. The third-order valence-corrected chi connectivity index (χ3v) is 3.27. The van der Waals surface area contributed by atoms with E-state index in [0.29, 0.717) is 23.5 Å². The Morgan fingerprint density at radius 3 is 2.50 bits per heavy atom. The van der Waals surface area contributed by atoms with Crippen molar-refractivity contribution in [2.45, 2.75) is 12.2 Å². The van der Waals surface area contributed by atoms with E-state index in [1.807, 2.05) is 0 Å². The van der Waals surface area contributed by atoms with Gasteiger partial charge < -0.3 is 5.11 Å². The molecule has 0 aliphatic rings. The van der Waals surface area contributed by atoms with E-state index >= 15 is 0 Å². The summed E-state index contributed by atoms with van der Waals surface area (Å²) in [7, 11) is 0. The first-order valence-electron chi connectivity index (χ1n) is 5.16. The summed E-state index contributed by atoms with van der Waals surface area (Å²) in [4.78, 5) is 20.1. The Kier molecular flexibility index (Phi) is 5.53. The van der Waals surface area contributed by atoms with E-state index < -0.39 is 9.85 Å². The van der Waals surface area contributed by atoms with Crippen molar-refractivity contribution >= 4 is 23.1 Å². The highest BCUT2D eigenvalue weighted by molar-refractivity contribution is 7.98. The van der Waals surface area contributed by atoms with Gasteiger partial charge in [-0.3, -0.25) is 20.2 Å². The van der Waals surface area contributed by atoms with Crippen LogP contribution in [0.1, 0.15) is 12.0 Å². The summed E-state index contributed by atoms with van der Waals surface area (Å²) >= 11 is 1.44. The number of aliphatic hydroxyl groups is 1. The number of hydrogen-bond acceptors (Lipinski definition) is 6. The van der Waals surface area contributed by atoms with Crippen molar-refractivity contribution in [3.8, 4) is 0 Å². The first-order valence-corrected chi connectivity index (χ1v) is 6.32. The van der Waals surface area contributed by atoms with Crippen molar-refractivity contribution in [3.05, 3.63) is 44.0 Å². The number of aliphatic hydroxyl groups excluding tert-OH is 1. The van der Waals surface area contributed by atoms with E-state index in [1.165, 1.54) is 23.9 Å².